The van der Waals surface area contributed by atoms with E-state index in [1.54, 1.807) is 0 Å². The zero-order valence-electron chi connectivity index (χ0n) is 10.2. The highest BCUT2D eigenvalue weighted by Gasteiger charge is 2.39. The zero-order valence-corrected chi connectivity index (χ0v) is 10.2. The maximum atomic E-state index is 12.3. The predicted molar refractivity (Wildman–Crippen MR) is 58.2 cm³/mol. The molecule has 1 rings (SSSR count). The van der Waals surface area contributed by atoms with E-state index in [-0.39, 0.29) is 12.8 Å². The minimum absolute atomic E-state index is 0.0634. The number of hydrogen-bond acceptors (Lipinski definition) is 3. The molecule has 1 aliphatic carbocycles. The van der Waals surface area contributed by atoms with E-state index in [2.05, 4.69) is 0 Å². The van der Waals surface area contributed by atoms with E-state index in [4.69, 9.17) is 10.2 Å². The van der Waals surface area contributed by atoms with Gasteiger partial charge in [-0.1, -0.05) is 0 Å². The molecule has 1 amide bonds. The Balaban J connectivity index is 2.65. The van der Waals surface area contributed by atoms with Crippen LogP contribution in [-0.4, -0.2) is 52.9 Å². The molecule has 0 saturated heterocycles. The van der Waals surface area contributed by atoms with Crippen LogP contribution in [-0.2, 0) is 9.59 Å². The number of carboxylic acid groups (broad SMARTS) is 1. The molecule has 0 aliphatic heterocycles. The Kier molecular flexibility index (Phi) is 5.16. The fourth-order valence-corrected chi connectivity index (χ4v) is 2.29. The van der Waals surface area contributed by atoms with Crippen LogP contribution in [0.3, 0.4) is 0 Å². The second-order valence-corrected chi connectivity index (χ2v) is 4.64. The first-order chi connectivity index (χ1) is 8.74. The second-order valence-electron chi connectivity index (χ2n) is 4.64. The van der Waals surface area contributed by atoms with Crippen LogP contribution in [0.25, 0.3) is 0 Å². The Morgan fingerprint density at radius 1 is 1.21 bits per heavy atom. The van der Waals surface area contributed by atoms with Gasteiger partial charge in [-0.05, 0) is 19.3 Å². The topological polar surface area (TPSA) is 77.8 Å². The van der Waals surface area contributed by atoms with Crippen LogP contribution in [0.15, 0.2) is 0 Å². The van der Waals surface area contributed by atoms with Gasteiger partial charge in [0.05, 0.1) is 12.5 Å². The number of aliphatic hydroxyl groups is 1. The summed E-state index contributed by atoms with van der Waals surface area (Å²) in [5.74, 6) is -3.12. The van der Waals surface area contributed by atoms with Gasteiger partial charge in [-0.3, -0.25) is 9.59 Å². The summed E-state index contributed by atoms with van der Waals surface area (Å²) in [5, 5.41) is 17.5. The van der Waals surface area contributed by atoms with Gasteiger partial charge in [-0.15, -0.1) is 0 Å². The van der Waals surface area contributed by atoms with Crippen LogP contribution in [0, 0.1) is 11.8 Å². The first-order valence-electron chi connectivity index (χ1n) is 5.93. The number of aliphatic hydroxyl groups excluding tert-OH is 1. The lowest BCUT2D eigenvalue weighted by Crippen LogP contribution is -2.43. The molecule has 110 valence electrons. The van der Waals surface area contributed by atoms with Crippen molar-refractivity contribution in [3.8, 4) is 0 Å². The monoisotopic (exact) mass is 283 g/mol. The molecule has 19 heavy (non-hydrogen) atoms. The third kappa shape index (κ3) is 4.70. The Morgan fingerprint density at radius 3 is 2.21 bits per heavy atom. The summed E-state index contributed by atoms with van der Waals surface area (Å²) >= 11 is 0. The van der Waals surface area contributed by atoms with Crippen LogP contribution in [0.2, 0.25) is 0 Å². The number of aliphatic carboxylic acids is 1. The van der Waals surface area contributed by atoms with Gasteiger partial charge in [0.25, 0.3) is 0 Å². The van der Waals surface area contributed by atoms with Crippen molar-refractivity contribution in [2.45, 2.75) is 25.4 Å². The molecular weight excluding hydrogens is 267 g/mol. The van der Waals surface area contributed by atoms with Crippen molar-refractivity contribution in [1.82, 2.24) is 4.90 Å². The maximum Gasteiger partial charge on any atom is 0.406 e. The average molecular weight is 283 g/mol. The van der Waals surface area contributed by atoms with E-state index >= 15 is 0 Å². The van der Waals surface area contributed by atoms with Gasteiger partial charge < -0.3 is 15.1 Å². The summed E-state index contributed by atoms with van der Waals surface area (Å²) < 4.78 is 36.9. The third-order valence-electron chi connectivity index (χ3n) is 3.18. The molecule has 0 aromatic carbocycles. The largest absolute Gasteiger partial charge is 0.481 e. The summed E-state index contributed by atoms with van der Waals surface area (Å²) in [4.78, 5) is 23.2. The van der Waals surface area contributed by atoms with Crippen molar-refractivity contribution in [2.75, 3.05) is 19.7 Å². The van der Waals surface area contributed by atoms with Crippen molar-refractivity contribution in [2.24, 2.45) is 11.8 Å². The number of rotatable bonds is 5. The van der Waals surface area contributed by atoms with Gasteiger partial charge in [0.15, 0.2) is 0 Å². The molecule has 0 bridgehead atoms. The van der Waals surface area contributed by atoms with Gasteiger partial charge in [-0.25, -0.2) is 0 Å². The number of carboxylic acids is 1. The van der Waals surface area contributed by atoms with E-state index in [0.717, 1.165) is 0 Å². The van der Waals surface area contributed by atoms with Gasteiger partial charge in [0.1, 0.15) is 6.54 Å². The molecule has 1 fully saturated rings. The second kappa shape index (κ2) is 6.23. The standard InChI is InChI=1S/C11H16F3NO4/c12-11(13,14)6-15(3-4-16)9(17)7-1-2-8(5-7)10(18)19/h7-8,16H,1-6H2,(H,18,19)/t7-,8+/m1/s1. The quantitative estimate of drug-likeness (QED) is 0.785. The van der Waals surface area contributed by atoms with Gasteiger partial charge in [0.2, 0.25) is 5.91 Å². The van der Waals surface area contributed by atoms with Crippen LogP contribution >= 0.6 is 0 Å². The average Bonchev–Trinajstić information content (AvgIpc) is 2.75. The Hall–Kier alpha value is -1.31. The normalized spacial score (nSPS) is 23.4. The number of halogens is 3. The van der Waals surface area contributed by atoms with Crippen molar-refractivity contribution < 1.29 is 33.0 Å². The molecule has 0 heterocycles. The van der Waals surface area contributed by atoms with E-state index in [9.17, 15) is 22.8 Å². The highest BCUT2D eigenvalue weighted by atomic mass is 19.4. The highest BCUT2D eigenvalue weighted by molar-refractivity contribution is 5.81. The zero-order chi connectivity index (χ0) is 14.6. The lowest BCUT2D eigenvalue weighted by molar-refractivity contribution is -0.164. The van der Waals surface area contributed by atoms with Crippen molar-refractivity contribution in [1.29, 1.82) is 0 Å². The number of carbonyl (C=O) groups excluding carboxylic acids is 1. The summed E-state index contributed by atoms with van der Waals surface area (Å²) in [6.45, 7) is -2.37. The van der Waals surface area contributed by atoms with Crippen LogP contribution in [0.4, 0.5) is 13.2 Å². The van der Waals surface area contributed by atoms with Crippen LogP contribution in [0.5, 0.6) is 0 Å². The molecule has 2 N–H and O–H groups in total. The fourth-order valence-electron chi connectivity index (χ4n) is 2.29. The van der Waals surface area contributed by atoms with Crippen molar-refractivity contribution >= 4 is 11.9 Å². The fraction of sp³-hybridized carbons (Fsp3) is 0.818. The molecule has 2 atom stereocenters. The maximum absolute atomic E-state index is 12.3. The number of nitrogens with zero attached hydrogens (tertiary/aromatic N) is 1. The molecule has 0 aromatic rings. The van der Waals surface area contributed by atoms with Gasteiger partial charge in [-0.2, -0.15) is 13.2 Å². The summed E-state index contributed by atoms with van der Waals surface area (Å²) in [6, 6.07) is 0. The summed E-state index contributed by atoms with van der Waals surface area (Å²) in [6.07, 6.45) is -3.90. The molecule has 0 unspecified atom stereocenters. The summed E-state index contributed by atoms with van der Waals surface area (Å²) in [7, 11) is 0. The molecule has 0 aromatic heterocycles. The van der Waals surface area contributed by atoms with Crippen molar-refractivity contribution in [3.05, 3.63) is 0 Å². The lowest BCUT2D eigenvalue weighted by Gasteiger charge is -2.25. The van der Waals surface area contributed by atoms with E-state index in [0.29, 0.717) is 11.3 Å². The van der Waals surface area contributed by atoms with Crippen LogP contribution in [0.1, 0.15) is 19.3 Å². The van der Waals surface area contributed by atoms with Gasteiger partial charge >= 0.3 is 12.1 Å². The Morgan fingerprint density at radius 2 is 1.79 bits per heavy atom. The minimum atomic E-state index is -4.53. The highest BCUT2D eigenvalue weighted by Crippen LogP contribution is 2.33. The number of carbonyl (C=O) groups is 2. The molecule has 1 saturated carbocycles. The summed E-state index contributed by atoms with van der Waals surface area (Å²) in [5.41, 5.74) is 0. The Labute approximate surface area is 108 Å². The first kappa shape index (κ1) is 15.7. The predicted octanol–water partition coefficient (Wildman–Crippen LogP) is 0.870. The molecule has 8 heteroatoms. The molecule has 5 nitrogen and oxygen atoms in total. The lowest BCUT2D eigenvalue weighted by atomic mass is 10.0. The molecule has 0 spiro atoms. The third-order valence-corrected chi connectivity index (χ3v) is 3.18. The Bertz CT molecular complexity index is 345. The smallest absolute Gasteiger partial charge is 0.406 e. The number of hydrogen-bond donors (Lipinski definition) is 2. The molecular formula is C11H16F3NO4. The van der Waals surface area contributed by atoms with Crippen molar-refractivity contribution in [3.63, 3.8) is 0 Å². The first-order valence-corrected chi connectivity index (χ1v) is 5.93. The number of alkyl halides is 3. The van der Waals surface area contributed by atoms with E-state index in [1.165, 1.54) is 0 Å². The number of amides is 1. The van der Waals surface area contributed by atoms with Gasteiger partial charge in [0, 0.05) is 12.5 Å². The van der Waals surface area contributed by atoms with E-state index in [1.807, 2.05) is 0 Å². The SMILES string of the molecule is O=C(O)[C@H]1CC[C@@H](C(=O)N(CCO)CC(F)(F)F)C1. The molecule has 0 radical (unpaired) electrons. The minimum Gasteiger partial charge on any atom is -0.481 e. The van der Waals surface area contributed by atoms with E-state index < -0.39 is 49.6 Å². The molecule has 1 aliphatic rings. The van der Waals surface area contributed by atoms with Crippen LogP contribution < -0.4 is 0 Å².